The van der Waals surface area contributed by atoms with Crippen molar-refractivity contribution in [3.05, 3.63) is 103 Å². The van der Waals surface area contributed by atoms with Gasteiger partial charge in [-0.25, -0.2) is 0 Å². The maximum absolute atomic E-state index is 12.6. The molecule has 0 N–H and O–H groups in total. The van der Waals surface area contributed by atoms with Crippen LogP contribution in [0, 0.1) is 0 Å². The number of benzene rings is 3. The van der Waals surface area contributed by atoms with E-state index in [1.807, 2.05) is 95.6 Å². The Bertz CT molecular complexity index is 1440. The highest BCUT2D eigenvalue weighted by molar-refractivity contribution is 7.99. The van der Waals surface area contributed by atoms with Crippen LogP contribution in [0.25, 0.3) is 28.0 Å². The number of fused-ring (bicyclic) bond motifs is 1. The number of hydrogen-bond donors (Lipinski definition) is 0. The van der Waals surface area contributed by atoms with Gasteiger partial charge in [-0.3, -0.25) is 19.3 Å². The average Bonchev–Trinajstić information content (AvgIpc) is 3.33. The Labute approximate surface area is 201 Å². The summed E-state index contributed by atoms with van der Waals surface area (Å²) in [4.78, 5) is 21.4. The minimum Gasteiger partial charge on any atom is -0.297 e. The van der Waals surface area contributed by atoms with Crippen molar-refractivity contribution in [3.63, 3.8) is 0 Å². The molecule has 7 heteroatoms. The normalized spacial score (nSPS) is 11.3. The van der Waals surface area contributed by atoms with Crippen molar-refractivity contribution in [2.75, 3.05) is 12.3 Å². The van der Waals surface area contributed by atoms with Crippen molar-refractivity contribution in [3.8, 4) is 17.1 Å². The van der Waals surface area contributed by atoms with Crippen LogP contribution in [-0.4, -0.2) is 44.0 Å². The second-order valence-corrected chi connectivity index (χ2v) is 8.51. The zero-order valence-electron chi connectivity index (χ0n) is 18.3. The third-order valence-electron chi connectivity index (χ3n) is 5.20. The minimum atomic E-state index is 0.0123. The molecule has 0 saturated heterocycles. The summed E-state index contributed by atoms with van der Waals surface area (Å²) in [5.41, 5.74) is 3.68. The van der Waals surface area contributed by atoms with E-state index in [0.29, 0.717) is 5.16 Å². The van der Waals surface area contributed by atoms with E-state index in [0.717, 1.165) is 33.5 Å². The smallest absolute Gasteiger partial charge is 0.196 e. The van der Waals surface area contributed by atoms with Gasteiger partial charge in [-0.1, -0.05) is 84.6 Å². The summed E-state index contributed by atoms with van der Waals surface area (Å²) in [5.74, 6) is 1.01. The Hall–Kier alpha value is -4.10. The maximum atomic E-state index is 12.6. The SMILES string of the molecule is O=C(CN=Cc1cccc2cccnc12)CSc1nnc(-c2ccccc2)n1-c1ccccc1. The van der Waals surface area contributed by atoms with Crippen molar-refractivity contribution in [1.82, 2.24) is 19.7 Å². The van der Waals surface area contributed by atoms with Gasteiger partial charge >= 0.3 is 0 Å². The number of rotatable bonds is 8. The minimum absolute atomic E-state index is 0.0123. The lowest BCUT2D eigenvalue weighted by atomic mass is 10.1. The summed E-state index contributed by atoms with van der Waals surface area (Å²) in [6, 6.07) is 29.7. The van der Waals surface area contributed by atoms with Crippen molar-refractivity contribution in [1.29, 1.82) is 0 Å². The van der Waals surface area contributed by atoms with Gasteiger partial charge in [0, 0.05) is 34.6 Å². The molecular formula is C27H21N5OS. The van der Waals surface area contributed by atoms with Gasteiger partial charge in [-0.15, -0.1) is 10.2 Å². The van der Waals surface area contributed by atoms with Gasteiger partial charge in [-0.2, -0.15) is 0 Å². The van der Waals surface area contributed by atoms with E-state index in [9.17, 15) is 4.79 Å². The summed E-state index contributed by atoms with van der Waals surface area (Å²) in [6.07, 6.45) is 3.48. The standard InChI is InChI=1S/C27H21N5OS/c33-24(18-28-17-22-12-7-11-20-13-8-16-29-25(20)22)19-34-27-31-30-26(21-9-3-1-4-10-21)32(27)23-14-5-2-6-15-23/h1-17H,18-19H2. The molecule has 5 aromatic rings. The Morgan fingerprint density at radius 3 is 2.47 bits per heavy atom. The molecule has 0 radical (unpaired) electrons. The van der Waals surface area contributed by atoms with Crippen LogP contribution < -0.4 is 0 Å². The zero-order chi connectivity index (χ0) is 23.2. The zero-order valence-corrected chi connectivity index (χ0v) is 19.1. The van der Waals surface area contributed by atoms with Crippen LogP contribution in [0.2, 0.25) is 0 Å². The van der Waals surface area contributed by atoms with Crippen LogP contribution in [0.15, 0.2) is 107 Å². The largest absolute Gasteiger partial charge is 0.297 e. The highest BCUT2D eigenvalue weighted by Crippen LogP contribution is 2.27. The predicted molar refractivity (Wildman–Crippen MR) is 137 cm³/mol. The average molecular weight is 464 g/mol. The molecule has 0 aliphatic heterocycles. The quantitative estimate of drug-likeness (QED) is 0.232. The number of Topliss-reactive ketones (excluding diaryl/α,β-unsaturated/α-hetero) is 1. The van der Waals surface area contributed by atoms with E-state index in [1.165, 1.54) is 11.8 Å². The molecule has 0 fully saturated rings. The molecule has 3 aromatic carbocycles. The number of pyridine rings is 1. The van der Waals surface area contributed by atoms with Gasteiger partial charge in [0.05, 0.1) is 17.8 Å². The Kier molecular flexibility index (Phi) is 6.54. The van der Waals surface area contributed by atoms with Gasteiger partial charge < -0.3 is 0 Å². The first kappa shape index (κ1) is 21.7. The molecule has 0 aliphatic rings. The first-order valence-corrected chi connectivity index (χ1v) is 11.8. The first-order chi connectivity index (χ1) is 16.8. The lowest BCUT2D eigenvalue weighted by molar-refractivity contribution is -0.115. The molecule has 34 heavy (non-hydrogen) atoms. The molecule has 6 nitrogen and oxygen atoms in total. The number of hydrogen-bond acceptors (Lipinski definition) is 6. The molecule has 166 valence electrons. The number of aliphatic imine (C=N–C) groups is 1. The number of aromatic nitrogens is 4. The second kappa shape index (κ2) is 10.2. The monoisotopic (exact) mass is 463 g/mol. The second-order valence-electron chi connectivity index (χ2n) is 7.56. The number of carbonyl (C=O) groups is 1. The Morgan fingerprint density at radius 2 is 1.65 bits per heavy atom. The van der Waals surface area contributed by atoms with Gasteiger partial charge in [0.1, 0.15) is 0 Å². The topological polar surface area (TPSA) is 73.0 Å². The van der Waals surface area contributed by atoms with Crippen LogP contribution in [-0.2, 0) is 4.79 Å². The molecule has 2 heterocycles. The summed E-state index contributed by atoms with van der Waals surface area (Å²) < 4.78 is 1.98. The molecule has 0 amide bonds. The third kappa shape index (κ3) is 4.79. The fourth-order valence-electron chi connectivity index (χ4n) is 3.62. The molecule has 2 aromatic heterocycles. The summed E-state index contributed by atoms with van der Waals surface area (Å²) in [5, 5.41) is 10.5. The number of nitrogens with zero attached hydrogens (tertiary/aromatic N) is 5. The number of ketones is 1. The highest BCUT2D eigenvalue weighted by atomic mass is 32.2. The van der Waals surface area contributed by atoms with Crippen LogP contribution in [0.3, 0.4) is 0 Å². The number of thioether (sulfide) groups is 1. The molecular weight excluding hydrogens is 442 g/mol. The molecule has 0 aliphatic carbocycles. The van der Waals surface area contributed by atoms with Crippen molar-refractivity contribution < 1.29 is 4.79 Å². The Morgan fingerprint density at radius 1 is 0.882 bits per heavy atom. The van der Waals surface area contributed by atoms with Gasteiger partial charge in [0.15, 0.2) is 16.8 Å². The fourth-order valence-corrected chi connectivity index (χ4v) is 4.42. The van der Waals surface area contributed by atoms with Gasteiger partial charge in [-0.05, 0) is 18.2 Å². The Balaban J connectivity index is 1.31. The van der Waals surface area contributed by atoms with E-state index in [4.69, 9.17) is 0 Å². The first-order valence-electron chi connectivity index (χ1n) is 10.8. The van der Waals surface area contributed by atoms with Crippen molar-refractivity contribution >= 4 is 34.7 Å². The van der Waals surface area contributed by atoms with E-state index in [2.05, 4.69) is 20.2 Å². The van der Waals surface area contributed by atoms with E-state index in [-0.39, 0.29) is 18.1 Å². The lowest BCUT2D eigenvalue weighted by Crippen LogP contribution is -2.07. The molecule has 0 saturated carbocycles. The van der Waals surface area contributed by atoms with E-state index >= 15 is 0 Å². The van der Waals surface area contributed by atoms with Crippen LogP contribution in [0.1, 0.15) is 5.56 Å². The van der Waals surface area contributed by atoms with Crippen LogP contribution in [0.4, 0.5) is 0 Å². The highest BCUT2D eigenvalue weighted by Gasteiger charge is 2.17. The maximum Gasteiger partial charge on any atom is 0.196 e. The summed E-state index contributed by atoms with van der Waals surface area (Å²) in [7, 11) is 0. The molecule has 0 bridgehead atoms. The molecule has 0 unspecified atom stereocenters. The number of para-hydroxylation sites is 2. The summed E-state index contributed by atoms with van der Waals surface area (Å²) in [6.45, 7) is 0.0985. The van der Waals surface area contributed by atoms with E-state index in [1.54, 1.807) is 12.4 Å². The molecule has 0 spiro atoms. The van der Waals surface area contributed by atoms with Gasteiger partial charge in [0.25, 0.3) is 0 Å². The molecule has 5 rings (SSSR count). The summed E-state index contributed by atoms with van der Waals surface area (Å²) >= 11 is 1.37. The third-order valence-corrected chi connectivity index (χ3v) is 6.19. The van der Waals surface area contributed by atoms with Gasteiger partial charge in [0.2, 0.25) is 0 Å². The van der Waals surface area contributed by atoms with E-state index < -0.39 is 0 Å². The fraction of sp³-hybridized carbons (Fsp3) is 0.0741. The molecule has 0 atom stereocenters. The van der Waals surface area contributed by atoms with Crippen LogP contribution in [0.5, 0.6) is 0 Å². The van der Waals surface area contributed by atoms with Crippen LogP contribution >= 0.6 is 11.8 Å². The van der Waals surface area contributed by atoms with Crippen molar-refractivity contribution in [2.45, 2.75) is 5.16 Å². The lowest BCUT2D eigenvalue weighted by Gasteiger charge is -2.10. The number of carbonyl (C=O) groups excluding carboxylic acids is 1. The van der Waals surface area contributed by atoms with Crippen molar-refractivity contribution in [2.24, 2.45) is 4.99 Å². The predicted octanol–water partition coefficient (Wildman–Crippen LogP) is 5.26.